The predicted octanol–water partition coefficient (Wildman–Crippen LogP) is 10.9. The summed E-state index contributed by atoms with van der Waals surface area (Å²) in [6.07, 6.45) is 0. The summed E-state index contributed by atoms with van der Waals surface area (Å²) >= 11 is 0. The van der Waals surface area contributed by atoms with Crippen LogP contribution in [-0.2, 0) is 0 Å². The van der Waals surface area contributed by atoms with Crippen molar-refractivity contribution < 1.29 is 8.83 Å². The number of benzene rings is 7. The van der Waals surface area contributed by atoms with Crippen LogP contribution in [0.3, 0.4) is 0 Å². The van der Waals surface area contributed by atoms with Crippen molar-refractivity contribution in [2.75, 3.05) is 0 Å². The van der Waals surface area contributed by atoms with Crippen molar-refractivity contribution in [3.63, 3.8) is 0 Å². The minimum atomic E-state index is 0.661. The van der Waals surface area contributed by atoms with Gasteiger partial charge in [0.15, 0.2) is 0 Å². The van der Waals surface area contributed by atoms with Gasteiger partial charge in [0.25, 0.3) is 0 Å². The van der Waals surface area contributed by atoms with Crippen LogP contribution in [0.2, 0.25) is 0 Å². The third-order valence-electron chi connectivity index (χ3n) is 8.67. The van der Waals surface area contributed by atoms with Crippen molar-refractivity contribution in [1.82, 2.24) is 0 Å². The average molecular weight is 561 g/mol. The van der Waals surface area contributed by atoms with Crippen molar-refractivity contribution in [2.45, 2.75) is 0 Å². The highest BCUT2D eigenvalue weighted by molar-refractivity contribution is 6.15. The van der Waals surface area contributed by atoms with Crippen LogP contribution in [-0.4, -0.2) is 0 Å². The fourth-order valence-corrected chi connectivity index (χ4v) is 6.39. The van der Waals surface area contributed by atoms with Crippen LogP contribution in [0, 0.1) is 22.7 Å². The standard InChI is InChI=1S/C40H20N2O2/c41-21-23-1-3-27-15-29(7-5-25(27)13-23)31-9-11-37-33(17-31)35-19-40-36(20-39(35)43-37)34-18-32(10-12-38(34)44-40)30-8-6-26-14-24(22-42)2-4-28(26)16-30/h1-20H. The van der Waals surface area contributed by atoms with Gasteiger partial charge in [-0.3, -0.25) is 0 Å². The summed E-state index contributed by atoms with van der Waals surface area (Å²) in [6.45, 7) is 0. The first-order valence-corrected chi connectivity index (χ1v) is 14.3. The van der Waals surface area contributed by atoms with Crippen LogP contribution in [0.15, 0.2) is 130 Å². The first kappa shape index (κ1) is 24.3. The van der Waals surface area contributed by atoms with Gasteiger partial charge < -0.3 is 8.83 Å². The molecule has 0 N–H and O–H groups in total. The molecule has 0 amide bonds. The summed E-state index contributed by atoms with van der Waals surface area (Å²) in [4.78, 5) is 0. The summed E-state index contributed by atoms with van der Waals surface area (Å²) in [5.74, 6) is 0. The average Bonchev–Trinajstić information content (AvgIpc) is 3.62. The normalized spacial score (nSPS) is 11.6. The second-order valence-electron chi connectivity index (χ2n) is 11.2. The molecule has 0 radical (unpaired) electrons. The molecule has 0 aliphatic carbocycles. The fraction of sp³-hybridized carbons (Fsp3) is 0. The van der Waals surface area contributed by atoms with Gasteiger partial charge in [-0.05, 0) is 117 Å². The van der Waals surface area contributed by atoms with E-state index in [-0.39, 0.29) is 0 Å². The zero-order valence-electron chi connectivity index (χ0n) is 23.3. The Morgan fingerprint density at radius 1 is 0.341 bits per heavy atom. The highest BCUT2D eigenvalue weighted by Gasteiger charge is 2.15. The van der Waals surface area contributed by atoms with E-state index < -0.39 is 0 Å². The molecule has 44 heavy (non-hydrogen) atoms. The number of fused-ring (bicyclic) bond motifs is 8. The first-order valence-electron chi connectivity index (χ1n) is 14.3. The highest BCUT2D eigenvalue weighted by atomic mass is 16.3. The molecule has 0 bridgehead atoms. The van der Waals surface area contributed by atoms with Crippen LogP contribution >= 0.6 is 0 Å². The van der Waals surface area contributed by atoms with E-state index in [4.69, 9.17) is 8.83 Å². The Bertz CT molecular complexity index is 2560. The topological polar surface area (TPSA) is 73.9 Å². The molecule has 202 valence electrons. The number of hydrogen-bond acceptors (Lipinski definition) is 4. The molecule has 4 heteroatoms. The maximum atomic E-state index is 9.24. The summed E-state index contributed by atoms with van der Waals surface area (Å²) < 4.78 is 12.7. The molecule has 2 aromatic heterocycles. The molecule has 0 saturated carbocycles. The van der Waals surface area contributed by atoms with E-state index in [1.807, 2.05) is 48.5 Å². The molecule has 0 atom stereocenters. The lowest BCUT2D eigenvalue weighted by atomic mass is 9.98. The van der Waals surface area contributed by atoms with Crippen LogP contribution in [0.4, 0.5) is 0 Å². The zero-order valence-corrected chi connectivity index (χ0v) is 23.3. The van der Waals surface area contributed by atoms with E-state index in [1.54, 1.807) is 0 Å². The van der Waals surface area contributed by atoms with E-state index in [1.165, 1.54) is 0 Å². The van der Waals surface area contributed by atoms with Gasteiger partial charge in [0.05, 0.1) is 23.3 Å². The monoisotopic (exact) mass is 560 g/mol. The molecule has 0 aliphatic rings. The zero-order chi connectivity index (χ0) is 29.4. The number of furan rings is 2. The van der Waals surface area contributed by atoms with Crippen LogP contribution in [0.1, 0.15) is 11.1 Å². The van der Waals surface area contributed by atoms with Crippen LogP contribution in [0.5, 0.6) is 0 Å². The number of nitriles is 2. The smallest absolute Gasteiger partial charge is 0.136 e. The van der Waals surface area contributed by atoms with Crippen LogP contribution in [0.25, 0.3) is 87.7 Å². The van der Waals surface area contributed by atoms with Gasteiger partial charge >= 0.3 is 0 Å². The third kappa shape index (κ3) is 3.69. The summed E-state index contributed by atoms with van der Waals surface area (Å²) in [7, 11) is 0. The third-order valence-corrected chi connectivity index (χ3v) is 8.67. The van der Waals surface area contributed by atoms with E-state index >= 15 is 0 Å². The largest absolute Gasteiger partial charge is 0.456 e. The predicted molar refractivity (Wildman–Crippen MR) is 176 cm³/mol. The lowest BCUT2D eigenvalue weighted by Gasteiger charge is -2.05. The molecule has 0 fully saturated rings. The molecule has 0 saturated heterocycles. The Hall–Kier alpha value is -6.36. The van der Waals surface area contributed by atoms with Crippen molar-refractivity contribution in [1.29, 1.82) is 10.5 Å². The van der Waals surface area contributed by atoms with Gasteiger partial charge in [-0.25, -0.2) is 0 Å². The summed E-state index contributed by atoms with van der Waals surface area (Å²) in [5.41, 5.74) is 9.03. The van der Waals surface area contributed by atoms with Crippen LogP contribution < -0.4 is 0 Å². The van der Waals surface area contributed by atoms with Gasteiger partial charge in [-0.15, -0.1) is 0 Å². The Kier molecular flexibility index (Phi) is 5.00. The molecule has 0 spiro atoms. The maximum Gasteiger partial charge on any atom is 0.136 e. The summed E-state index contributed by atoms with van der Waals surface area (Å²) in [5, 5.41) is 26.9. The molecule has 0 unspecified atom stereocenters. The van der Waals surface area contributed by atoms with Crippen molar-refractivity contribution >= 4 is 65.4 Å². The fourth-order valence-electron chi connectivity index (χ4n) is 6.39. The molecule has 2 heterocycles. The minimum Gasteiger partial charge on any atom is -0.456 e. The van der Waals surface area contributed by atoms with Crippen molar-refractivity contribution in [3.8, 4) is 34.4 Å². The first-order chi connectivity index (χ1) is 21.6. The van der Waals surface area contributed by atoms with Crippen molar-refractivity contribution in [2.24, 2.45) is 0 Å². The molecule has 0 aliphatic heterocycles. The molecular weight excluding hydrogens is 540 g/mol. The van der Waals surface area contributed by atoms with Gasteiger partial charge in [-0.1, -0.05) is 48.5 Å². The Morgan fingerprint density at radius 2 is 0.705 bits per heavy atom. The number of hydrogen-bond donors (Lipinski definition) is 0. The molecule has 4 nitrogen and oxygen atoms in total. The van der Waals surface area contributed by atoms with Gasteiger partial charge in [0.1, 0.15) is 22.3 Å². The highest BCUT2D eigenvalue weighted by Crippen LogP contribution is 2.39. The van der Waals surface area contributed by atoms with E-state index in [2.05, 4.69) is 84.9 Å². The Balaban J connectivity index is 1.15. The Labute approximate surface area is 251 Å². The quantitative estimate of drug-likeness (QED) is 0.211. The van der Waals surface area contributed by atoms with Gasteiger partial charge in [0.2, 0.25) is 0 Å². The van der Waals surface area contributed by atoms with E-state index in [9.17, 15) is 10.5 Å². The number of nitrogens with zero attached hydrogens (tertiary/aromatic N) is 2. The summed E-state index contributed by atoms with van der Waals surface area (Å²) in [6, 6.07) is 45.4. The lowest BCUT2D eigenvalue weighted by Crippen LogP contribution is -1.81. The Morgan fingerprint density at radius 3 is 1.16 bits per heavy atom. The molecular formula is C40H20N2O2. The SMILES string of the molecule is N#Cc1ccc2cc(-c3ccc4oc5cc6c(cc5c4c3)oc3ccc(-c4ccc5cc(C#N)ccc5c4)cc36)ccc2c1. The molecule has 9 rings (SSSR count). The lowest BCUT2D eigenvalue weighted by molar-refractivity contribution is 0.664. The molecule has 7 aromatic carbocycles. The van der Waals surface area contributed by atoms with E-state index in [0.717, 1.165) is 87.7 Å². The number of rotatable bonds is 2. The van der Waals surface area contributed by atoms with Gasteiger partial charge in [0, 0.05) is 21.5 Å². The second-order valence-corrected chi connectivity index (χ2v) is 11.2. The minimum absolute atomic E-state index is 0.661. The second kappa shape index (κ2) is 9.07. The van der Waals surface area contributed by atoms with Crippen molar-refractivity contribution in [3.05, 3.63) is 132 Å². The van der Waals surface area contributed by atoms with E-state index in [0.29, 0.717) is 11.1 Å². The van der Waals surface area contributed by atoms with Gasteiger partial charge in [-0.2, -0.15) is 10.5 Å². The maximum absolute atomic E-state index is 9.24. The molecule has 9 aromatic rings.